The molecular weight excluding hydrogens is 278 g/mol. The zero-order valence-electron chi connectivity index (χ0n) is 10.8. The van der Waals surface area contributed by atoms with Gasteiger partial charge in [-0.05, 0) is 30.7 Å². The first kappa shape index (κ1) is 14.5. The summed E-state index contributed by atoms with van der Waals surface area (Å²) >= 11 is 3.52. The van der Waals surface area contributed by atoms with Crippen molar-refractivity contribution in [2.45, 2.75) is 26.3 Å². The van der Waals surface area contributed by atoms with Crippen LogP contribution in [0.5, 0.6) is 5.75 Å². The molecule has 0 atom stereocenters. The number of methoxy groups -OCH3 is 1. The predicted molar refractivity (Wildman–Crippen MR) is 77.0 cm³/mol. The number of hydrogen-bond donors (Lipinski definition) is 0. The Bertz CT molecular complexity index is 317. The Morgan fingerprint density at radius 1 is 1.29 bits per heavy atom. The monoisotopic (exact) mass is 299 g/mol. The lowest BCUT2D eigenvalue weighted by Crippen LogP contribution is -2.26. The Labute approximate surface area is 113 Å². The second-order valence-electron chi connectivity index (χ2n) is 4.17. The van der Waals surface area contributed by atoms with E-state index >= 15 is 0 Å². The molecule has 0 radical (unpaired) electrons. The third-order valence-corrected chi connectivity index (χ3v) is 3.12. The van der Waals surface area contributed by atoms with Crippen molar-refractivity contribution in [2.24, 2.45) is 0 Å². The fraction of sp³-hybridized carbons (Fsp3) is 0.571. The van der Waals surface area contributed by atoms with Crippen LogP contribution in [0.1, 0.15) is 25.3 Å². The van der Waals surface area contributed by atoms with E-state index in [4.69, 9.17) is 4.74 Å². The molecule has 0 unspecified atom stereocenters. The van der Waals surface area contributed by atoms with E-state index in [1.165, 1.54) is 24.9 Å². The quantitative estimate of drug-likeness (QED) is 0.679. The van der Waals surface area contributed by atoms with Gasteiger partial charge in [-0.15, -0.1) is 0 Å². The summed E-state index contributed by atoms with van der Waals surface area (Å²) in [5.41, 5.74) is 1.32. The van der Waals surface area contributed by atoms with Crippen LogP contribution in [0, 0.1) is 0 Å². The van der Waals surface area contributed by atoms with Gasteiger partial charge in [0.1, 0.15) is 5.75 Å². The molecule has 0 fully saturated rings. The summed E-state index contributed by atoms with van der Waals surface area (Å²) in [6.07, 6.45) is 2.51. The summed E-state index contributed by atoms with van der Waals surface area (Å²) in [6, 6.07) is 8.33. The summed E-state index contributed by atoms with van der Waals surface area (Å²) in [5.74, 6) is 0.941. The molecule has 0 amide bonds. The lowest BCUT2D eigenvalue weighted by molar-refractivity contribution is 0.278. The van der Waals surface area contributed by atoms with Crippen molar-refractivity contribution in [3.8, 4) is 5.75 Å². The molecule has 3 heteroatoms. The lowest BCUT2D eigenvalue weighted by Gasteiger charge is -2.21. The average Bonchev–Trinajstić information content (AvgIpc) is 2.36. The minimum Gasteiger partial charge on any atom is -0.497 e. The molecule has 0 spiro atoms. The summed E-state index contributed by atoms with van der Waals surface area (Å²) in [5, 5.41) is 1.03. The Balaban J connectivity index is 2.57. The largest absolute Gasteiger partial charge is 0.497 e. The number of halogens is 1. The van der Waals surface area contributed by atoms with Crippen LogP contribution in [0.3, 0.4) is 0 Å². The summed E-state index contributed by atoms with van der Waals surface area (Å²) in [4.78, 5) is 2.48. The van der Waals surface area contributed by atoms with Gasteiger partial charge in [0.2, 0.25) is 0 Å². The second kappa shape index (κ2) is 8.54. The van der Waals surface area contributed by atoms with Gasteiger partial charge in [-0.2, -0.15) is 0 Å². The van der Waals surface area contributed by atoms with Crippen LogP contribution >= 0.6 is 15.9 Å². The standard InChI is InChI=1S/C14H22BrNO/c1-3-4-9-16(10-8-15)12-13-6-5-7-14(11-13)17-2/h5-7,11H,3-4,8-10,12H2,1-2H3. The normalized spacial score (nSPS) is 10.8. The predicted octanol–water partition coefficient (Wildman–Crippen LogP) is 3.69. The van der Waals surface area contributed by atoms with Crippen LogP contribution in [0.2, 0.25) is 0 Å². The molecule has 0 saturated heterocycles. The molecule has 0 N–H and O–H groups in total. The van der Waals surface area contributed by atoms with Gasteiger partial charge in [-0.3, -0.25) is 4.90 Å². The zero-order valence-corrected chi connectivity index (χ0v) is 12.4. The maximum Gasteiger partial charge on any atom is 0.119 e. The van der Waals surface area contributed by atoms with Crippen LogP contribution in [-0.4, -0.2) is 30.4 Å². The van der Waals surface area contributed by atoms with Crippen LogP contribution < -0.4 is 4.74 Å². The fourth-order valence-electron chi connectivity index (χ4n) is 1.80. The van der Waals surface area contributed by atoms with E-state index in [0.29, 0.717) is 0 Å². The highest BCUT2D eigenvalue weighted by Crippen LogP contribution is 2.14. The van der Waals surface area contributed by atoms with Crippen LogP contribution in [0.25, 0.3) is 0 Å². The highest BCUT2D eigenvalue weighted by atomic mass is 79.9. The van der Waals surface area contributed by atoms with Crippen molar-refractivity contribution in [2.75, 3.05) is 25.5 Å². The van der Waals surface area contributed by atoms with E-state index in [0.717, 1.165) is 24.2 Å². The topological polar surface area (TPSA) is 12.5 Å². The van der Waals surface area contributed by atoms with E-state index in [1.54, 1.807) is 7.11 Å². The minimum atomic E-state index is 0.941. The van der Waals surface area contributed by atoms with E-state index in [-0.39, 0.29) is 0 Å². The van der Waals surface area contributed by atoms with Gasteiger partial charge >= 0.3 is 0 Å². The molecule has 0 aliphatic carbocycles. The van der Waals surface area contributed by atoms with Crippen LogP contribution in [-0.2, 0) is 6.54 Å². The Kier molecular flexibility index (Phi) is 7.29. The number of benzene rings is 1. The smallest absolute Gasteiger partial charge is 0.119 e. The summed E-state index contributed by atoms with van der Waals surface area (Å²) in [7, 11) is 1.71. The number of unbranched alkanes of at least 4 members (excludes halogenated alkanes) is 1. The molecule has 17 heavy (non-hydrogen) atoms. The molecule has 0 aliphatic heterocycles. The lowest BCUT2D eigenvalue weighted by atomic mass is 10.2. The zero-order chi connectivity index (χ0) is 12.5. The number of alkyl halides is 1. The maximum atomic E-state index is 5.25. The second-order valence-corrected chi connectivity index (χ2v) is 4.96. The highest BCUT2D eigenvalue weighted by molar-refractivity contribution is 9.09. The maximum absolute atomic E-state index is 5.25. The van der Waals surface area contributed by atoms with Gasteiger partial charge in [0.15, 0.2) is 0 Å². The average molecular weight is 300 g/mol. The number of rotatable bonds is 8. The van der Waals surface area contributed by atoms with Gasteiger partial charge in [0.05, 0.1) is 7.11 Å². The summed E-state index contributed by atoms with van der Waals surface area (Å²) in [6.45, 7) is 5.50. The van der Waals surface area contributed by atoms with E-state index < -0.39 is 0 Å². The summed E-state index contributed by atoms with van der Waals surface area (Å²) < 4.78 is 5.25. The van der Waals surface area contributed by atoms with Crippen LogP contribution in [0.15, 0.2) is 24.3 Å². The molecule has 0 bridgehead atoms. The van der Waals surface area contributed by atoms with Crippen molar-refractivity contribution in [3.05, 3.63) is 29.8 Å². The third-order valence-electron chi connectivity index (χ3n) is 2.77. The molecule has 96 valence electrons. The number of hydrogen-bond acceptors (Lipinski definition) is 2. The first-order valence-corrected chi connectivity index (χ1v) is 7.33. The van der Waals surface area contributed by atoms with E-state index in [9.17, 15) is 0 Å². The first-order valence-electron chi connectivity index (χ1n) is 6.21. The third kappa shape index (κ3) is 5.55. The molecule has 0 aromatic heterocycles. The van der Waals surface area contributed by atoms with Crippen molar-refractivity contribution >= 4 is 15.9 Å². The molecule has 1 aromatic carbocycles. The SMILES string of the molecule is CCCCN(CCBr)Cc1cccc(OC)c1. The van der Waals surface area contributed by atoms with Gasteiger partial charge in [0, 0.05) is 18.4 Å². The molecule has 1 aromatic rings. The van der Waals surface area contributed by atoms with Crippen molar-refractivity contribution in [1.82, 2.24) is 4.90 Å². The fourth-order valence-corrected chi connectivity index (χ4v) is 2.30. The first-order chi connectivity index (χ1) is 8.30. The van der Waals surface area contributed by atoms with Crippen molar-refractivity contribution < 1.29 is 4.74 Å². The molecule has 0 heterocycles. The van der Waals surface area contributed by atoms with Gasteiger partial charge in [-0.1, -0.05) is 41.4 Å². The molecule has 0 aliphatic rings. The van der Waals surface area contributed by atoms with Gasteiger partial charge in [-0.25, -0.2) is 0 Å². The Hall–Kier alpha value is -0.540. The highest BCUT2D eigenvalue weighted by Gasteiger charge is 2.05. The number of nitrogens with zero attached hydrogens (tertiary/aromatic N) is 1. The van der Waals surface area contributed by atoms with Crippen LogP contribution in [0.4, 0.5) is 0 Å². The Morgan fingerprint density at radius 2 is 2.12 bits per heavy atom. The van der Waals surface area contributed by atoms with Gasteiger partial charge < -0.3 is 4.74 Å². The minimum absolute atomic E-state index is 0.941. The molecule has 0 saturated carbocycles. The Morgan fingerprint density at radius 3 is 2.76 bits per heavy atom. The van der Waals surface area contributed by atoms with E-state index in [2.05, 4.69) is 46.0 Å². The number of ether oxygens (including phenoxy) is 1. The molecule has 1 rings (SSSR count). The van der Waals surface area contributed by atoms with Gasteiger partial charge in [0.25, 0.3) is 0 Å². The van der Waals surface area contributed by atoms with Crippen molar-refractivity contribution in [1.29, 1.82) is 0 Å². The molecular formula is C14H22BrNO. The van der Waals surface area contributed by atoms with Crippen molar-refractivity contribution in [3.63, 3.8) is 0 Å². The van der Waals surface area contributed by atoms with E-state index in [1.807, 2.05) is 6.07 Å². The molecule has 2 nitrogen and oxygen atoms in total.